The first kappa shape index (κ1) is 13.3. The summed E-state index contributed by atoms with van der Waals surface area (Å²) in [5.74, 6) is -0.192. The van der Waals surface area contributed by atoms with Crippen LogP contribution in [-0.2, 0) is 0 Å². The molecule has 21 heavy (non-hydrogen) atoms. The van der Waals surface area contributed by atoms with Crippen LogP contribution < -0.4 is 5.32 Å². The normalized spacial score (nSPS) is 10.8. The summed E-state index contributed by atoms with van der Waals surface area (Å²) in [6.07, 6.45) is 3.06. The molecule has 0 aliphatic heterocycles. The van der Waals surface area contributed by atoms with Crippen molar-refractivity contribution in [3.63, 3.8) is 0 Å². The minimum Gasteiger partial charge on any atom is -0.350 e. The molecule has 0 fully saturated rings. The largest absolute Gasteiger partial charge is 0.350 e. The molecular formula is C16H16N4O. The molecule has 1 aromatic carbocycles. The van der Waals surface area contributed by atoms with Gasteiger partial charge in [-0.05, 0) is 38.0 Å². The highest BCUT2D eigenvalue weighted by molar-refractivity contribution is 6.06. The Morgan fingerprint density at radius 2 is 1.95 bits per heavy atom. The Balaban J connectivity index is 1.97. The summed E-state index contributed by atoms with van der Waals surface area (Å²) >= 11 is 0. The second kappa shape index (κ2) is 5.01. The van der Waals surface area contributed by atoms with E-state index in [0.717, 1.165) is 27.7 Å². The van der Waals surface area contributed by atoms with E-state index in [2.05, 4.69) is 26.3 Å². The summed E-state index contributed by atoms with van der Waals surface area (Å²) in [5.41, 5.74) is 5.15. The van der Waals surface area contributed by atoms with E-state index in [9.17, 15) is 4.79 Å². The molecule has 106 valence electrons. The molecule has 0 aliphatic rings. The van der Waals surface area contributed by atoms with Crippen LogP contribution in [0.2, 0.25) is 0 Å². The molecule has 1 amide bonds. The number of fused-ring (bicyclic) bond motifs is 1. The molecule has 0 bridgehead atoms. The second-order valence-electron chi connectivity index (χ2n) is 5.15. The fourth-order valence-corrected chi connectivity index (χ4v) is 2.33. The molecule has 0 atom stereocenters. The van der Waals surface area contributed by atoms with Crippen LogP contribution in [0.1, 0.15) is 27.3 Å². The van der Waals surface area contributed by atoms with E-state index in [0.29, 0.717) is 11.4 Å². The number of aromatic amines is 1. The topological polar surface area (TPSA) is 70.7 Å². The van der Waals surface area contributed by atoms with Gasteiger partial charge in [0.25, 0.3) is 5.91 Å². The molecule has 3 aromatic rings. The van der Waals surface area contributed by atoms with E-state index in [1.807, 2.05) is 32.9 Å². The number of H-pyrrole nitrogens is 1. The van der Waals surface area contributed by atoms with Gasteiger partial charge >= 0.3 is 0 Å². The molecule has 0 unspecified atom stereocenters. The van der Waals surface area contributed by atoms with Crippen molar-refractivity contribution in [1.82, 2.24) is 15.0 Å². The summed E-state index contributed by atoms with van der Waals surface area (Å²) in [6, 6.07) is 5.99. The first-order chi connectivity index (χ1) is 10.1. The lowest BCUT2D eigenvalue weighted by molar-refractivity contribution is 0.102. The number of carbonyl (C=O) groups excluding carboxylic acids is 1. The molecule has 3 rings (SSSR count). The maximum Gasteiger partial charge on any atom is 0.272 e. The molecule has 2 aromatic heterocycles. The van der Waals surface area contributed by atoms with E-state index in [1.165, 1.54) is 6.33 Å². The monoisotopic (exact) mass is 280 g/mol. The van der Waals surface area contributed by atoms with Crippen molar-refractivity contribution < 1.29 is 4.79 Å². The smallest absolute Gasteiger partial charge is 0.272 e. The lowest BCUT2D eigenvalue weighted by Gasteiger charge is -2.05. The van der Waals surface area contributed by atoms with E-state index >= 15 is 0 Å². The van der Waals surface area contributed by atoms with Gasteiger partial charge in [-0.15, -0.1) is 0 Å². The highest BCUT2D eigenvalue weighted by Crippen LogP contribution is 2.23. The fourth-order valence-electron chi connectivity index (χ4n) is 2.33. The lowest BCUT2D eigenvalue weighted by atomic mass is 10.1. The summed E-state index contributed by atoms with van der Waals surface area (Å²) in [6.45, 7) is 5.89. The van der Waals surface area contributed by atoms with Crippen molar-refractivity contribution in [3.05, 3.63) is 53.2 Å². The van der Waals surface area contributed by atoms with Crippen LogP contribution in [0.25, 0.3) is 10.9 Å². The molecule has 0 saturated heterocycles. The number of rotatable bonds is 2. The van der Waals surface area contributed by atoms with Gasteiger partial charge in [0.15, 0.2) is 0 Å². The third-order valence-electron chi connectivity index (χ3n) is 3.62. The van der Waals surface area contributed by atoms with Gasteiger partial charge in [0.2, 0.25) is 0 Å². The summed E-state index contributed by atoms with van der Waals surface area (Å²) < 4.78 is 0. The molecule has 0 aliphatic carbocycles. The third kappa shape index (κ3) is 2.38. The number of hydrogen-bond donors (Lipinski definition) is 2. The highest BCUT2D eigenvalue weighted by atomic mass is 16.1. The predicted molar refractivity (Wildman–Crippen MR) is 82.5 cm³/mol. The molecule has 0 radical (unpaired) electrons. The van der Waals surface area contributed by atoms with Gasteiger partial charge in [-0.1, -0.05) is 12.1 Å². The predicted octanol–water partition coefficient (Wildman–Crippen LogP) is 3.14. The Labute approximate surface area is 122 Å². The van der Waals surface area contributed by atoms with Crippen LogP contribution >= 0.6 is 0 Å². The molecule has 2 heterocycles. The van der Waals surface area contributed by atoms with Gasteiger partial charge in [-0.3, -0.25) is 4.79 Å². The van der Waals surface area contributed by atoms with Gasteiger partial charge in [0.1, 0.15) is 12.0 Å². The van der Waals surface area contributed by atoms with E-state index < -0.39 is 0 Å². The minimum absolute atomic E-state index is 0.192. The maximum atomic E-state index is 12.4. The van der Waals surface area contributed by atoms with Crippen molar-refractivity contribution in [2.24, 2.45) is 0 Å². The van der Waals surface area contributed by atoms with E-state index in [4.69, 9.17) is 0 Å². The average Bonchev–Trinajstić information content (AvgIpc) is 2.92. The molecular weight excluding hydrogens is 264 g/mol. The van der Waals surface area contributed by atoms with Gasteiger partial charge < -0.3 is 10.3 Å². The third-order valence-corrected chi connectivity index (χ3v) is 3.62. The SMILES string of the molecule is Cc1ncncc1NC(=O)c1cc2c(C)ccc(C)c2[nH]1. The Morgan fingerprint density at radius 3 is 2.67 bits per heavy atom. The fraction of sp³-hybridized carbons (Fsp3) is 0.188. The molecule has 0 spiro atoms. The average molecular weight is 280 g/mol. The second-order valence-corrected chi connectivity index (χ2v) is 5.15. The molecule has 0 saturated carbocycles. The Bertz CT molecular complexity index is 796. The first-order valence-electron chi connectivity index (χ1n) is 6.73. The van der Waals surface area contributed by atoms with Crippen molar-refractivity contribution in [3.8, 4) is 0 Å². The highest BCUT2D eigenvalue weighted by Gasteiger charge is 2.13. The summed E-state index contributed by atoms with van der Waals surface area (Å²) in [4.78, 5) is 23.5. The number of aromatic nitrogens is 3. The Hall–Kier alpha value is -2.69. The van der Waals surface area contributed by atoms with E-state index in [-0.39, 0.29) is 5.91 Å². The number of benzene rings is 1. The number of nitrogens with zero attached hydrogens (tertiary/aromatic N) is 2. The zero-order chi connectivity index (χ0) is 15.0. The van der Waals surface area contributed by atoms with Crippen LogP contribution in [0.3, 0.4) is 0 Å². The van der Waals surface area contributed by atoms with Crippen LogP contribution in [0.15, 0.2) is 30.7 Å². The number of carbonyl (C=O) groups is 1. The van der Waals surface area contributed by atoms with Crippen molar-refractivity contribution in [1.29, 1.82) is 0 Å². The van der Waals surface area contributed by atoms with Gasteiger partial charge in [-0.2, -0.15) is 0 Å². The number of nitrogens with one attached hydrogen (secondary N) is 2. The number of hydrogen-bond acceptors (Lipinski definition) is 3. The van der Waals surface area contributed by atoms with Gasteiger partial charge in [-0.25, -0.2) is 9.97 Å². The number of anilines is 1. The van der Waals surface area contributed by atoms with Crippen molar-refractivity contribution >= 4 is 22.5 Å². The van der Waals surface area contributed by atoms with Crippen molar-refractivity contribution in [2.45, 2.75) is 20.8 Å². The van der Waals surface area contributed by atoms with E-state index in [1.54, 1.807) is 6.20 Å². The quantitative estimate of drug-likeness (QED) is 0.757. The van der Waals surface area contributed by atoms with Gasteiger partial charge in [0.05, 0.1) is 17.6 Å². The summed E-state index contributed by atoms with van der Waals surface area (Å²) in [7, 11) is 0. The minimum atomic E-state index is -0.192. The molecule has 5 heteroatoms. The Morgan fingerprint density at radius 1 is 1.19 bits per heavy atom. The summed E-state index contributed by atoms with van der Waals surface area (Å²) in [5, 5.41) is 3.90. The number of amides is 1. The molecule has 2 N–H and O–H groups in total. The van der Waals surface area contributed by atoms with Gasteiger partial charge in [0, 0.05) is 10.9 Å². The van der Waals surface area contributed by atoms with Crippen LogP contribution in [0, 0.1) is 20.8 Å². The first-order valence-corrected chi connectivity index (χ1v) is 6.73. The number of aryl methyl sites for hydroxylation is 3. The zero-order valence-electron chi connectivity index (χ0n) is 12.2. The van der Waals surface area contributed by atoms with Crippen LogP contribution in [-0.4, -0.2) is 20.9 Å². The standard InChI is InChI=1S/C16H16N4O/c1-9-4-5-10(2)15-12(9)6-13(19-15)16(21)20-14-7-17-8-18-11(14)3/h4-8,19H,1-3H3,(H,20,21). The maximum absolute atomic E-state index is 12.4. The zero-order valence-corrected chi connectivity index (χ0v) is 12.2. The van der Waals surface area contributed by atoms with Crippen LogP contribution in [0.5, 0.6) is 0 Å². The Kier molecular flexibility index (Phi) is 3.17. The molecule has 5 nitrogen and oxygen atoms in total. The van der Waals surface area contributed by atoms with Crippen molar-refractivity contribution in [2.75, 3.05) is 5.32 Å². The lowest BCUT2D eigenvalue weighted by Crippen LogP contribution is -2.13. The van der Waals surface area contributed by atoms with Crippen LogP contribution in [0.4, 0.5) is 5.69 Å².